The second-order valence-electron chi connectivity index (χ2n) is 8.69. The third-order valence-corrected chi connectivity index (χ3v) is 8.33. The van der Waals surface area contributed by atoms with E-state index in [-0.39, 0.29) is 36.2 Å². The van der Waals surface area contributed by atoms with Crippen molar-refractivity contribution < 1.29 is 22.3 Å². The predicted molar refractivity (Wildman–Crippen MR) is 125 cm³/mol. The second kappa shape index (κ2) is 8.68. The highest BCUT2D eigenvalue weighted by atomic mass is 32.2. The molecule has 0 atom stereocenters. The predicted octanol–water partition coefficient (Wildman–Crippen LogP) is 2.00. The van der Waals surface area contributed by atoms with Crippen LogP contribution in [0.15, 0.2) is 52.2 Å². The smallest absolute Gasteiger partial charge is 0.281 e. The van der Waals surface area contributed by atoms with Crippen LogP contribution in [0.1, 0.15) is 30.1 Å². The van der Waals surface area contributed by atoms with E-state index in [2.05, 4.69) is 20.3 Å². The van der Waals surface area contributed by atoms with Gasteiger partial charge in [-0.05, 0) is 48.7 Å². The molecular formula is C23H21FN6O5S. The summed E-state index contributed by atoms with van der Waals surface area (Å²) in [7, 11) is -3.81. The van der Waals surface area contributed by atoms with Crippen LogP contribution in [-0.2, 0) is 16.6 Å². The van der Waals surface area contributed by atoms with Gasteiger partial charge in [-0.1, -0.05) is 17.3 Å². The average Bonchev–Trinajstić information content (AvgIpc) is 3.51. The Kier molecular flexibility index (Phi) is 5.45. The first kappa shape index (κ1) is 22.6. The number of benzene rings is 2. The third kappa shape index (κ3) is 3.99. The van der Waals surface area contributed by atoms with E-state index < -0.39 is 21.4 Å². The third-order valence-electron chi connectivity index (χ3n) is 6.44. The first-order valence-electron chi connectivity index (χ1n) is 11.4. The zero-order valence-corrected chi connectivity index (χ0v) is 19.7. The standard InChI is InChI=1S/C23H21FN6O5S/c24-16-2-1-3-17(11-16)36(32,33)29-8-6-15(7-9-29)21-25-22-20(23(31)26-21)27-28-30(22)12-14-4-5-18-19(10-14)35-13-34-18/h1-5,10-11,15H,6-9,12-13H2,(H,25,26,31). The van der Waals surface area contributed by atoms with Crippen LogP contribution in [-0.4, -0.2) is 57.6 Å². The number of rotatable bonds is 5. The molecule has 0 aliphatic carbocycles. The van der Waals surface area contributed by atoms with Crippen molar-refractivity contribution in [3.63, 3.8) is 0 Å². The first-order valence-corrected chi connectivity index (χ1v) is 12.8. The largest absolute Gasteiger partial charge is 0.454 e. The molecule has 36 heavy (non-hydrogen) atoms. The van der Waals surface area contributed by atoms with E-state index in [1.54, 1.807) is 4.68 Å². The number of ether oxygens (including phenoxy) is 2. The Morgan fingerprint density at radius 1 is 1.08 bits per heavy atom. The van der Waals surface area contributed by atoms with Crippen LogP contribution < -0.4 is 15.0 Å². The summed E-state index contributed by atoms with van der Waals surface area (Å²) in [5.74, 6) is 1.01. The Balaban J connectivity index is 1.23. The Hall–Kier alpha value is -3.84. The van der Waals surface area contributed by atoms with E-state index in [0.717, 1.165) is 11.6 Å². The summed E-state index contributed by atoms with van der Waals surface area (Å²) in [6.45, 7) is 0.945. The number of hydrogen-bond acceptors (Lipinski definition) is 8. The van der Waals surface area contributed by atoms with Crippen molar-refractivity contribution in [2.75, 3.05) is 19.9 Å². The highest BCUT2D eigenvalue weighted by molar-refractivity contribution is 7.89. The quantitative estimate of drug-likeness (QED) is 0.429. The number of hydrogen-bond donors (Lipinski definition) is 1. The molecule has 1 saturated heterocycles. The molecule has 1 N–H and O–H groups in total. The van der Waals surface area contributed by atoms with E-state index in [1.165, 1.54) is 22.5 Å². The number of fused-ring (bicyclic) bond motifs is 2. The van der Waals surface area contributed by atoms with Gasteiger partial charge >= 0.3 is 0 Å². The molecule has 186 valence electrons. The summed E-state index contributed by atoms with van der Waals surface area (Å²) < 4.78 is 53.1. The monoisotopic (exact) mass is 512 g/mol. The van der Waals surface area contributed by atoms with Crippen LogP contribution in [0.2, 0.25) is 0 Å². The summed E-state index contributed by atoms with van der Waals surface area (Å²) in [6.07, 6.45) is 0.902. The van der Waals surface area contributed by atoms with Gasteiger partial charge in [0, 0.05) is 19.0 Å². The first-order chi connectivity index (χ1) is 17.4. The summed E-state index contributed by atoms with van der Waals surface area (Å²) in [4.78, 5) is 20.1. The minimum atomic E-state index is -3.81. The Morgan fingerprint density at radius 3 is 2.69 bits per heavy atom. The highest BCUT2D eigenvalue weighted by Crippen LogP contribution is 2.33. The van der Waals surface area contributed by atoms with Crippen molar-refractivity contribution in [1.29, 1.82) is 0 Å². The maximum Gasteiger partial charge on any atom is 0.281 e. The van der Waals surface area contributed by atoms with E-state index >= 15 is 0 Å². The average molecular weight is 513 g/mol. The van der Waals surface area contributed by atoms with Crippen molar-refractivity contribution in [3.8, 4) is 11.5 Å². The van der Waals surface area contributed by atoms with Gasteiger partial charge < -0.3 is 14.5 Å². The molecule has 11 nitrogen and oxygen atoms in total. The van der Waals surface area contributed by atoms with Crippen molar-refractivity contribution in [2.45, 2.75) is 30.2 Å². The Morgan fingerprint density at radius 2 is 1.89 bits per heavy atom. The van der Waals surface area contributed by atoms with Crippen molar-refractivity contribution in [3.05, 3.63) is 70.0 Å². The zero-order valence-electron chi connectivity index (χ0n) is 18.9. The van der Waals surface area contributed by atoms with Crippen LogP contribution in [0.25, 0.3) is 11.2 Å². The number of sulfonamides is 1. The second-order valence-corrected chi connectivity index (χ2v) is 10.6. The van der Waals surface area contributed by atoms with Crippen LogP contribution in [0.4, 0.5) is 4.39 Å². The zero-order chi connectivity index (χ0) is 24.9. The lowest BCUT2D eigenvalue weighted by Gasteiger charge is -2.30. The van der Waals surface area contributed by atoms with E-state index in [9.17, 15) is 17.6 Å². The maximum absolute atomic E-state index is 13.6. The van der Waals surface area contributed by atoms with E-state index in [0.29, 0.717) is 42.4 Å². The molecular weight excluding hydrogens is 491 g/mol. The lowest BCUT2D eigenvalue weighted by Crippen LogP contribution is -2.38. The molecule has 2 aromatic heterocycles. The van der Waals surface area contributed by atoms with Crippen molar-refractivity contribution in [1.82, 2.24) is 29.3 Å². The number of H-pyrrole nitrogens is 1. The van der Waals surface area contributed by atoms with Gasteiger partial charge in [0.15, 0.2) is 22.7 Å². The molecule has 13 heteroatoms. The van der Waals surface area contributed by atoms with Gasteiger partial charge in [0.2, 0.25) is 16.8 Å². The molecule has 2 aromatic carbocycles. The summed E-state index contributed by atoms with van der Waals surface area (Å²) in [6, 6.07) is 10.5. The molecule has 0 bridgehead atoms. The van der Waals surface area contributed by atoms with Gasteiger partial charge in [-0.3, -0.25) is 4.79 Å². The summed E-state index contributed by atoms with van der Waals surface area (Å²) in [5.41, 5.74) is 0.958. The fourth-order valence-corrected chi connectivity index (χ4v) is 6.04. The van der Waals surface area contributed by atoms with Gasteiger partial charge in [0.1, 0.15) is 11.6 Å². The number of aromatic amines is 1. The van der Waals surface area contributed by atoms with E-state index in [4.69, 9.17) is 9.47 Å². The fourth-order valence-electron chi connectivity index (χ4n) is 4.54. The molecule has 2 aliphatic rings. The van der Waals surface area contributed by atoms with Gasteiger partial charge in [0.05, 0.1) is 11.4 Å². The molecule has 0 unspecified atom stereocenters. The van der Waals surface area contributed by atoms with Gasteiger partial charge in [-0.25, -0.2) is 22.5 Å². The summed E-state index contributed by atoms with van der Waals surface area (Å²) >= 11 is 0. The summed E-state index contributed by atoms with van der Waals surface area (Å²) in [5, 5.41) is 8.10. The Bertz CT molecular complexity index is 1630. The number of piperidine rings is 1. The molecule has 6 rings (SSSR count). The molecule has 1 fully saturated rings. The van der Waals surface area contributed by atoms with Crippen LogP contribution in [0.3, 0.4) is 0 Å². The molecule has 0 spiro atoms. The minimum absolute atomic E-state index is 0.0765. The van der Waals surface area contributed by atoms with E-state index in [1.807, 2.05) is 18.2 Å². The van der Waals surface area contributed by atoms with Gasteiger partial charge in [-0.2, -0.15) is 4.31 Å². The molecule has 4 aromatic rings. The molecule has 4 heterocycles. The minimum Gasteiger partial charge on any atom is -0.454 e. The molecule has 0 amide bonds. The normalized spacial score (nSPS) is 16.6. The number of halogens is 1. The number of aromatic nitrogens is 5. The maximum atomic E-state index is 13.6. The van der Waals surface area contributed by atoms with Crippen LogP contribution >= 0.6 is 0 Å². The lowest BCUT2D eigenvalue weighted by atomic mass is 9.97. The topological polar surface area (TPSA) is 132 Å². The lowest BCUT2D eigenvalue weighted by molar-refractivity contribution is 0.174. The van der Waals surface area contributed by atoms with Crippen LogP contribution in [0.5, 0.6) is 11.5 Å². The molecule has 0 saturated carbocycles. The highest BCUT2D eigenvalue weighted by Gasteiger charge is 2.31. The Labute approximate surface area is 204 Å². The SMILES string of the molecule is O=c1[nH]c(C2CCN(S(=O)(=O)c3cccc(F)c3)CC2)nc2c1nnn2Cc1ccc2c(c1)OCO2. The van der Waals surface area contributed by atoms with Crippen molar-refractivity contribution >= 4 is 21.2 Å². The van der Waals surface area contributed by atoms with Gasteiger partial charge in [0.25, 0.3) is 5.56 Å². The van der Waals surface area contributed by atoms with Gasteiger partial charge in [-0.15, -0.1) is 5.10 Å². The molecule has 2 aliphatic heterocycles. The van der Waals surface area contributed by atoms with Crippen LogP contribution in [0, 0.1) is 5.82 Å². The number of nitrogens with one attached hydrogen (secondary N) is 1. The number of nitrogens with zero attached hydrogens (tertiary/aromatic N) is 5. The molecule has 0 radical (unpaired) electrons. The fraction of sp³-hybridized carbons (Fsp3) is 0.304. The van der Waals surface area contributed by atoms with Crippen molar-refractivity contribution in [2.24, 2.45) is 0 Å².